The molecule has 2 rings (SSSR count). The van der Waals surface area contributed by atoms with E-state index in [9.17, 15) is 45.5 Å². The molecular formula is C27H40N2O17. The summed E-state index contributed by atoms with van der Waals surface area (Å²) in [6.45, 7) is 0.217. The Morgan fingerprint density at radius 2 is 1.67 bits per heavy atom. The number of hydrogen-bond donors (Lipinski definition) is 8. The van der Waals surface area contributed by atoms with Gasteiger partial charge in [-0.1, -0.05) is 30.3 Å². The van der Waals surface area contributed by atoms with Crippen LogP contribution < -0.4 is 10.6 Å². The van der Waals surface area contributed by atoms with E-state index in [1.807, 2.05) is 30.3 Å². The van der Waals surface area contributed by atoms with Crippen LogP contribution in [0.5, 0.6) is 0 Å². The molecule has 2 amide bonds. The lowest BCUT2D eigenvalue weighted by atomic mass is 9.96. The van der Waals surface area contributed by atoms with Gasteiger partial charge in [-0.15, -0.1) is 0 Å². The van der Waals surface area contributed by atoms with Gasteiger partial charge in [0.15, 0.2) is 29.8 Å². The van der Waals surface area contributed by atoms with Crippen LogP contribution in [0.1, 0.15) is 25.3 Å². The SMILES string of the molecule is COO[C@@H](C(=O)N[C@H]1CC[C@@H](OC(=O)OCCc2ccccc2)CNC1=O)[C@H](OO)[C@H](OO)[C@@H](OO)/C(O)=C(\O)C(C)(CO)OC. The van der Waals surface area contributed by atoms with Gasteiger partial charge in [-0.25, -0.2) is 29.2 Å². The van der Waals surface area contributed by atoms with Crippen LogP contribution in [-0.2, 0) is 54.7 Å². The molecule has 0 aliphatic carbocycles. The topological polar surface area (TPSA) is 270 Å². The summed E-state index contributed by atoms with van der Waals surface area (Å²) >= 11 is 0. The fourth-order valence-electron chi connectivity index (χ4n) is 4.32. The Morgan fingerprint density at radius 3 is 2.24 bits per heavy atom. The van der Waals surface area contributed by atoms with Crippen LogP contribution in [-0.4, -0.2) is 125 Å². The van der Waals surface area contributed by atoms with E-state index in [4.69, 9.17) is 19.1 Å². The van der Waals surface area contributed by atoms with Crippen molar-refractivity contribution in [3.05, 3.63) is 47.4 Å². The molecule has 8 N–H and O–H groups in total. The lowest BCUT2D eigenvalue weighted by Crippen LogP contribution is -2.57. The highest BCUT2D eigenvalue weighted by Gasteiger charge is 2.48. The molecule has 1 unspecified atom stereocenters. The number of hydrogen-bond acceptors (Lipinski definition) is 17. The first-order valence-corrected chi connectivity index (χ1v) is 13.8. The lowest BCUT2D eigenvalue weighted by Gasteiger charge is -2.32. The molecule has 1 aromatic carbocycles. The molecule has 7 atom stereocenters. The van der Waals surface area contributed by atoms with Crippen molar-refractivity contribution in [2.24, 2.45) is 0 Å². The molecule has 46 heavy (non-hydrogen) atoms. The summed E-state index contributed by atoms with van der Waals surface area (Å²) in [4.78, 5) is 60.1. The molecule has 0 spiro atoms. The summed E-state index contributed by atoms with van der Waals surface area (Å²) in [5.41, 5.74) is -0.984. The van der Waals surface area contributed by atoms with E-state index in [1.165, 1.54) is 0 Å². The minimum atomic E-state index is -2.31. The molecule has 0 saturated carbocycles. The third kappa shape index (κ3) is 10.5. The second-order valence-electron chi connectivity index (χ2n) is 10.1. The summed E-state index contributed by atoms with van der Waals surface area (Å²) in [5.74, 6) is -4.28. The van der Waals surface area contributed by atoms with E-state index in [2.05, 4.69) is 30.2 Å². The summed E-state index contributed by atoms with van der Waals surface area (Å²) < 4.78 is 15.3. The van der Waals surface area contributed by atoms with Crippen molar-refractivity contribution in [3.63, 3.8) is 0 Å². The first-order valence-electron chi connectivity index (χ1n) is 13.8. The van der Waals surface area contributed by atoms with Crippen molar-refractivity contribution in [1.29, 1.82) is 0 Å². The number of rotatable bonds is 18. The van der Waals surface area contributed by atoms with Gasteiger partial charge in [-0.05, 0) is 25.3 Å². The molecule has 1 saturated heterocycles. The minimum Gasteiger partial charge on any atom is -0.506 e. The van der Waals surface area contributed by atoms with Crippen molar-refractivity contribution in [2.75, 3.05) is 34.0 Å². The zero-order valence-electron chi connectivity index (χ0n) is 25.3. The summed E-state index contributed by atoms with van der Waals surface area (Å²) in [5, 5.41) is 64.0. The van der Waals surface area contributed by atoms with E-state index >= 15 is 0 Å². The van der Waals surface area contributed by atoms with Crippen molar-refractivity contribution in [2.45, 2.75) is 68.3 Å². The predicted octanol–water partition coefficient (Wildman–Crippen LogP) is 0.392. The second-order valence-corrected chi connectivity index (χ2v) is 10.1. The maximum Gasteiger partial charge on any atom is 0.508 e. The number of nitrogens with one attached hydrogen (secondary N) is 2. The molecule has 1 aliphatic heterocycles. The third-order valence-electron chi connectivity index (χ3n) is 7.13. The normalized spacial score (nSPS) is 21.3. The number of aliphatic hydroxyl groups excluding tert-OH is 3. The fraction of sp³-hybridized carbons (Fsp3) is 0.593. The Kier molecular flexibility index (Phi) is 16.0. The van der Waals surface area contributed by atoms with Crippen LogP contribution in [0.4, 0.5) is 4.79 Å². The van der Waals surface area contributed by atoms with Crippen molar-refractivity contribution >= 4 is 18.0 Å². The Labute approximate surface area is 262 Å². The Bertz CT molecular complexity index is 1130. The molecule has 1 fully saturated rings. The van der Waals surface area contributed by atoms with Gasteiger partial charge in [0.1, 0.15) is 17.7 Å². The zero-order chi connectivity index (χ0) is 34.3. The molecule has 0 radical (unpaired) electrons. The van der Waals surface area contributed by atoms with Crippen LogP contribution in [0.15, 0.2) is 41.9 Å². The highest BCUT2D eigenvalue weighted by atomic mass is 17.2. The smallest absolute Gasteiger partial charge is 0.506 e. The van der Waals surface area contributed by atoms with E-state index in [0.29, 0.717) is 6.42 Å². The zero-order valence-corrected chi connectivity index (χ0v) is 25.3. The monoisotopic (exact) mass is 664 g/mol. The Balaban J connectivity index is 2.11. The van der Waals surface area contributed by atoms with Crippen LogP contribution in [0, 0.1) is 0 Å². The van der Waals surface area contributed by atoms with E-state index in [0.717, 1.165) is 26.7 Å². The minimum absolute atomic E-state index is 0.0552. The molecular weight excluding hydrogens is 624 g/mol. The van der Waals surface area contributed by atoms with Crippen LogP contribution in [0.2, 0.25) is 0 Å². The molecule has 19 nitrogen and oxygen atoms in total. The average Bonchev–Trinajstić information content (AvgIpc) is 3.23. The van der Waals surface area contributed by atoms with Crippen molar-refractivity contribution < 1.29 is 84.1 Å². The number of amides is 2. The number of carbonyl (C=O) groups excluding carboxylic acids is 3. The van der Waals surface area contributed by atoms with Gasteiger partial charge in [-0.3, -0.25) is 25.4 Å². The number of carbonyl (C=O) groups is 3. The fourth-order valence-corrected chi connectivity index (χ4v) is 4.32. The lowest BCUT2D eigenvalue weighted by molar-refractivity contribution is -0.419. The predicted molar refractivity (Wildman–Crippen MR) is 150 cm³/mol. The van der Waals surface area contributed by atoms with Crippen molar-refractivity contribution in [1.82, 2.24) is 10.6 Å². The van der Waals surface area contributed by atoms with E-state index in [1.54, 1.807) is 0 Å². The molecule has 1 aliphatic rings. The van der Waals surface area contributed by atoms with Gasteiger partial charge in [0.2, 0.25) is 12.0 Å². The first-order chi connectivity index (χ1) is 22.0. The summed E-state index contributed by atoms with van der Waals surface area (Å²) in [6, 6.07) is 8.06. The quantitative estimate of drug-likeness (QED) is 0.0456. The van der Waals surface area contributed by atoms with Crippen LogP contribution >= 0.6 is 0 Å². The van der Waals surface area contributed by atoms with E-state index < -0.39 is 78.3 Å². The van der Waals surface area contributed by atoms with Gasteiger partial charge in [0, 0.05) is 13.5 Å². The molecule has 19 heteroatoms. The molecule has 0 bridgehead atoms. The first kappa shape index (κ1) is 38.6. The number of methoxy groups -OCH3 is 1. The van der Waals surface area contributed by atoms with E-state index in [-0.39, 0.29) is 26.0 Å². The summed E-state index contributed by atoms with van der Waals surface area (Å²) in [6.07, 6.45) is -10.2. The number of aliphatic hydroxyl groups is 3. The molecule has 0 aromatic heterocycles. The highest BCUT2D eigenvalue weighted by molar-refractivity contribution is 5.89. The third-order valence-corrected chi connectivity index (χ3v) is 7.13. The molecule has 1 aromatic rings. The standard InChI is InChI=1S/C27H40N2O17/c1-27(14-30,39-2)23(32)18(31)19(43-36)20(44-37)21(45-38)22(46-40-3)25(34)29-17-10-9-16(13-28-24(17)33)42-26(35)41-12-11-15-7-5-4-6-8-15/h4-8,16-17,19-22,30-32,36-38H,9-14H2,1-3H3,(H,28,33)(H,29,34)/b23-18+/t16-,17+,19+,20-,21-,22-,27?/m1/s1. The van der Waals surface area contributed by atoms with Gasteiger partial charge in [-0.2, -0.15) is 0 Å². The largest absolute Gasteiger partial charge is 0.508 e. The van der Waals surface area contributed by atoms with Gasteiger partial charge >= 0.3 is 6.16 Å². The van der Waals surface area contributed by atoms with Gasteiger partial charge in [0.05, 0.1) is 26.9 Å². The second kappa shape index (κ2) is 19.1. The maximum atomic E-state index is 13.2. The Morgan fingerprint density at radius 1 is 1.02 bits per heavy atom. The number of benzene rings is 1. The summed E-state index contributed by atoms with van der Waals surface area (Å²) in [7, 11) is 2.02. The highest BCUT2D eigenvalue weighted by Crippen LogP contribution is 2.27. The Hall–Kier alpha value is -3.63. The average molecular weight is 665 g/mol. The van der Waals surface area contributed by atoms with Crippen LogP contribution in [0.3, 0.4) is 0 Å². The van der Waals surface area contributed by atoms with Crippen molar-refractivity contribution in [3.8, 4) is 0 Å². The maximum absolute atomic E-state index is 13.2. The van der Waals surface area contributed by atoms with Crippen LogP contribution in [0.25, 0.3) is 0 Å². The van der Waals surface area contributed by atoms with Gasteiger partial charge in [0.25, 0.3) is 5.91 Å². The molecule has 1 heterocycles. The number of ether oxygens (including phenoxy) is 3. The van der Waals surface area contributed by atoms with Gasteiger partial charge < -0.3 is 40.2 Å². The molecule has 260 valence electrons.